The van der Waals surface area contributed by atoms with Crippen LogP contribution < -0.4 is 16.0 Å². The summed E-state index contributed by atoms with van der Waals surface area (Å²) in [5.74, 6) is 0.493. The summed E-state index contributed by atoms with van der Waals surface area (Å²) in [4.78, 5) is 35.4. The fraction of sp³-hybridized carbons (Fsp3) is 0.526. The molecule has 1 aromatic carbocycles. The number of benzene rings is 1. The van der Waals surface area contributed by atoms with Crippen molar-refractivity contribution in [3.63, 3.8) is 0 Å². The van der Waals surface area contributed by atoms with Crippen molar-refractivity contribution in [3.05, 3.63) is 24.3 Å². The average molecular weight is 343 g/mol. The Morgan fingerprint density at radius 3 is 2.36 bits per heavy atom. The van der Waals surface area contributed by atoms with E-state index in [1.165, 1.54) is 26.2 Å². The van der Waals surface area contributed by atoms with Crippen molar-refractivity contribution >= 4 is 29.1 Å². The van der Waals surface area contributed by atoms with Crippen molar-refractivity contribution in [2.75, 3.05) is 10.6 Å². The van der Waals surface area contributed by atoms with Gasteiger partial charge >= 0.3 is 11.8 Å². The van der Waals surface area contributed by atoms with Crippen LogP contribution in [0.4, 0.5) is 11.4 Å². The van der Waals surface area contributed by atoms with Crippen molar-refractivity contribution in [1.29, 1.82) is 0 Å². The second kappa shape index (κ2) is 7.25. The molecule has 0 radical (unpaired) electrons. The zero-order chi connectivity index (χ0) is 18.0. The Morgan fingerprint density at radius 2 is 1.76 bits per heavy atom. The van der Waals surface area contributed by atoms with Crippen LogP contribution in [0, 0.1) is 17.8 Å². The number of anilines is 2. The minimum atomic E-state index is -0.685. The van der Waals surface area contributed by atoms with Gasteiger partial charge in [0.25, 0.3) is 0 Å². The third kappa shape index (κ3) is 4.18. The van der Waals surface area contributed by atoms with Gasteiger partial charge in [-0.05, 0) is 62.1 Å². The van der Waals surface area contributed by atoms with Crippen LogP contribution in [0.2, 0.25) is 0 Å². The number of carbonyl (C=O) groups excluding carboxylic acids is 3. The lowest BCUT2D eigenvalue weighted by Crippen LogP contribution is -2.45. The van der Waals surface area contributed by atoms with Gasteiger partial charge in [-0.25, -0.2) is 0 Å². The van der Waals surface area contributed by atoms with Gasteiger partial charge in [-0.15, -0.1) is 0 Å². The number of rotatable bonds is 4. The van der Waals surface area contributed by atoms with E-state index in [-0.39, 0.29) is 11.9 Å². The van der Waals surface area contributed by atoms with E-state index in [9.17, 15) is 14.4 Å². The predicted octanol–water partition coefficient (Wildman–Crippen LogP) is 2.52. The molecule has 3 N–H and O–H groups in total. The van der Waals surface area contributed by atoms with Crippen molar-refractivity contribution in [2.45, 2.75) is 45.6 Å². The monoisotopic (exact) mass is 343 g/mol. The topological polar surface area (TPSA) is 87.3 Å². The molecule has 3 rings (SSSR count). The molecule has 0 aromatic heterocycles. The molecule has 0 spiro atoms. The molecule has 2 aliphatic rings. The molecule has 2 aliphatic carbocycles. The molecule has 25 heavy (non-hydrogen) atoms. The normalized spacial score (nSPS) is 25.3. The highest BCUT2D eigenvalue weighted by Gasteiger charge is 2.42. The average Bonchev–Trinajstić information content (AvgIpc) is 3.17. The van der Waals surface area contributed by atoms with Gasteiger partial charge in [-0.1, -0.05) is 12.5 Å². The maximum Gasteiger partial charge on any atom is 0.313 e. The van der Waals surface area contributed by atoms with E-state index >= 15 is 0 Å². The lowest BCUT2D eigenvalue weighted by Gasteiger charge is -2.28. The molecule has 0 saturated heterocycles. The summed E-state index contributed by atoms with van der Waals surface area (Å²) in [6, 6.07) is 6.73. The standard InChI is InChI=1S/C19H25N3O3/c1-11(17-9-13-6-7-14(17)8-13)20-18(24)19(25)22-16-5-3-4-15(10-16)21-12(2)23/h3-5,10-11,13-14,17H,6-9H2,1-2H3,(H,20,24)(H,21,23)(H,22,25). The van der Waals surface area contributed by atoms with E-state index in [2.05, 4.69) is 16.0 Å². The highest BCUT2D eigenvalue weighted by molar-refractivity contribution is 6.39. The van der Waals surface area contributed by atoms with Gasteiger partial charge < -0.3 is 16.0 Å². The van der Waals surface area contributed by atoms with Crippen LogP contribution in [0.3, 0.4) is 0 Å². The first-order valence-corrected chi connectivity index (χ1v) is 8.92. The molecule has 0 aliphatic heterocycles. The molecule has 0 heterocycles. The number of nitrogens with one attached hydrogen (secondary N) is 3. The van der Waals surface area contributed by atoms with Crippen molar-refractivity contribution in [3.8, 4) is 0 Å². The minimum absolute atomic E-state index is 0.0132. The lowest BCUT2D eigenvalue weighted by atomic mass is 9.84. The first-order valence-electron chi connectivity index (χ1n) is 8.92. The molecule has 6 nitrogen and oxygen atoms in total. The highest BCUT2D eigenvalue weighted by atomic mass is 16.2. The molecular weight excluding hydrogens is 318 g/mol. The third-order valence-corrected chi connectivity index (χ3v) is 5.44. The summed E-state index contributed by atoms with van der Waals surface area (Å²) in [7, 11) is 0. The summed E-state index contributed by atoms with van der Waals surface area (Å²) in [6.07, 6.45) is 4.99. The molecular formula is C19H25N3O3. The zero-order valence-corrected chi connectivity index (χ0v) is 14.7. The number of hydrogen-bond acceptors (Lipinski definition) is 3. The Bertz CT molecular complexity index is 688. The quantitative estimate of drug-likeness (QED) is 0.734. The van der Waals surface area contributed by atoms with E-state index in [0.29, 0.717) is 23.2 Å². The Labute approximate surface area is 147 Å². The summed E-state index contributed by atoms with van der Waals surface area (Å²) in [5, 5.41) is 8.08. The molecule has 1 aromatic rings. The van der Waals surface area contributed by atoms with Gasteiger partial charge in [0.05, 0.1) is 0 Å². The molecule has 3 amide bonds. The van der Waals surface area contributed by atoms with Crippen molar-refractivity contribution in [2.24, 2.45) is 17.8 Å². The van der Waals surface area contributed by atoms with Crippen LogP contribution in [0.15, 0.2) is 24.3 Å². The van der Waals surface area contributed by atoms with E-state index in [1.54, 1.807) is 24.3 Å². The van der Waals surface area contributed by atoms with Crippen LogP contribution in [0.5, 0.6) is 0 Å². The van der Waals surface area contributed by atoms with E-state index < -0.39 is 11.8 Å². The molecule has 2 bridgehead atoms. The molecule has 6 heteroatoms. The number of carbonyl (C=O) groups is 3. The van der Waals surface area contributed by atoms with Crippen LogP contribution >= 0.6 is 0 Å². The molecule has 2 saturated carbocycles. The van der Waals surface area contributed by atoms with Crippen LogP contribution in [-0.4, -0.2) is 23.8 Å². The molecule has 2 fully saturated rings. The number of amides is 3. The van der Waals surface area contributed by atoms with Crippen molar-refractivity contribution in [1.82, 2.24) is 5.32 Å². The fourth-order valence-corrected chi connectivity index (χ4v) is 4.35. The SMILES string of the molecule is CC(=O)Nc1cccc(NC(=O)C(=O)NC(C)C2CC3CCC2C3)c1. The van der Waals surface area contributed by atoms with Gasteiger partial charge in [-0.2, -0.15) is 0 Å². The highest BCUT2D eigenvalue weighted by Crippen LogP contribution is 2.49. The van der Waals surface area contributed by atoms with E-state index in [4.69, 9.17) is 0 Å². The Morgan fingerprint density at radius 1 is 1.04 bits per heavy atom. The number of fused-ring (bicyclic) bond motifs is 2. The first kappa shape index (κ1) is 17.5. The van der Waals surface area contributed by atoms with Crippen LogP contribution in [0.25, 0.3) is 0 Å². The van der Waals surface area contributed by atoms with Gasteiger partial charge in [0.1, 0.15) is 0 Å². The largest absolute Gasteiger partial charge is 0.345 e. The smallest absolute Gasteiger partial charge is 0.313 e. The van der Waals surface area contributed by atoms with Gasteiger partial charge in [-0.3, -0.25) is 14.4 Å². The summed E-state index contributed by atoms with van der Waals surface area (Å²) in [5.41, 5.74) is 1.04. The van der Waals surface area contributed by atoms with Gasteiger partial charge in [0.15, 0.2) is 0 Å². The summed E-state index contributed by atoms with van der Waals surface area (Å²) >= 11 is 0. The lowest BCUT2D eigenvalue weighted by molar-refractivity contribution is -0.136. The number of hydrogen-bond donors (Lipinski definition) is 3. The van der Waals surface area contributed by atoms with Gasteiger partial charge in [0, 0.05) is 24.3 Å². The zero-order valence-electron chi connectivity index (χ0n) is 14.7. The van der Waals surface area contributed by atoms with Crippen LogP contribution in [-0.2, 0) is 14.4 Å². The van der Waals surface area contributed by atoms with E-state index in [1.807, 2.05) is 6.92 Å². The summed E-state index contributed by atoms with van der Waals surface area (Å²) in [6.45, 7) is 3.41. The van der Waals surface area contributed by atoms with E-state index in [0.717, 1.165) is 12.3 Å². The Balaban J connectivity index is 1.54. The third-order valence-electron chi connectivity index (χ3n) is 5.44. The molecule has 4 atom stereocenters. The minimum Gasteiger partial charge on any atom is -0.345 e. The van der Waals surface area contributed by atoms with Crippen LogP contribution in [0.1, 0.15) is 39.5 Å². The molecule has 134 valence electrons. The predicted molar refractivity (Wildman–Crippen MR) is 95.9 cm³/mol. The first-order chi connectivity index (χ1) is 11.9. The second-order valence-electron chi connectivity index (χ2n) is 7.32. The fourth-order valence-electron chi connectivity index (χ4n) is 4.35. The Hall–Kier alpha value is -2.37. The van der Waals surface area contributed by atoms with Gasteiger partial charge in [0.2, 0.25) is 5.91 Å². The maximum absolute atomic E-state index is 12.2. The molecule has 4 unspecified atom stereocenters. The summed E-state index contributed by atoms with van der Waals surface area (Å²) < 4.78 is 0. The second-order valence-corrected chi connectivity index (χ2v) is 7.32. The Kier molecular flexibility index (Phi) is 5.06. The van der Waals surface area contributed by atoms with Crippen molar-refractivity contribution < 1.29 is 14.4 Å². The maximum atomic E-state index is 12.2.